The zero-order chi connectivity index (χ0) is 15.4. The summed E-state index contributed by atoms with van der Waals surface area (Å²) in [5, 5.41) is 16.3. The lowest BCUT2D eigenvalue weighted by molar-refractivity contribution is 0.0194. The summed E-state index contributed by atoms with van der Waals surface area (Å²) >= 11 is 1.17. The van der Waals surface area contributed by atoms with E-state index in [1.807, 2.05) is 0 Å². The average Bonchev–Trinajstić information content (AvgIpc) is 2.97. The Morgan fingerprint density at radius 3 is 2.95 bits per heavy atom. The first-order valence-electron chi connectivity index (χ1n) is 7.09. The summed E-state index contributed by atoms with van der Waals surface area (Å²) in [6.45, 7) is 0.178. The van der Waals surface area contributed by atoms with E-state index in [9.17, 15) is 13.5 Å². The van der Waals surface area contributed by atoms with Crippen molar-refractivity contribution < 1.29 is 18.0 Å². The highest BCUT2D eigenvalue weighted by Crippen LogP contribution is 2.40. The van der Waals surface area contributed by atoms with E-state index in [0.29, 0.717) is 11.7 Å². The molecule has 1 aliphatic carbocycles. The summed E-state index contributed by atoms with van der Waals surface area (Å²) in [5.74, 6) is 1.06. The molecular formula is C13H15N3O4S2. The predicted octanol–water partition coefficient (Wildman–Crippen LogP) is 1.29. The minimum atomic E-state index is -3.57. The van der Waals surface area contributed by atoms with E-state index in [1.165, 1.54) is 15.6 Å². The van der Waals surface area contributed by atoms with Crippen LogP contribution in [0.25, 0.3) is 0 Å². The van der Waals surface area contributed by atoms with Crippen molar-refractivity contribution >= 4 is 21.4 Å². The Morgan fingerprint density at radius 2 is 2.27 bits per heavy atom. The normalized spacial score (nSPS) is 26.6. The van der Waals surface area contributed by atoms with Crippen molar-refractivity contribution in [2.24, 2.45) is 0 Å². The van der Waals surface area contributed by atoms with E-state index in [2.05, 4.69) is 10.1 Å². The van der Waals surface area contributed by atoms with Crippen molar-refractivity contribution in [3.63, 3.8) is 0 Å². The Labute approximate surface area is 131 Å². The zero-order valence-corrected chi connectivity index (χ0v) is 13.3. The quantitative estimate of drug-likeness (QED) is 0.900. The lowest BCUT2D eigenvalue weighted by atomic mass is 10.0. The number of nitrogens with zero attached hydrogens (tertiary/aromatic N) is 3. The van der Waals surface area contributed by atoms with Gasteiger partial charge < -0.3 is 9.63 Å². The largest absolute Gasteiger partial charge is 0.379 e. The van der Waals surface area contributed by atoms with Crippen LogP contribution in [0, 0.1) is 0 Å². The Hall–Kier alpha value is -1.29. The van der Waals surface area contributed by atoms with Crippen LogP contribution in [0.4, 0.5) is 0 Å². The molecule has 0 radical (unpaired) electrons. The van der Waals surface area contributed by atoms with Crippen molar-refractivity contribution in [2.45, 2.75) is 35.0 Å². The van der Waals surface area contributed by atoms with Gasteiger partial charge >= 0.3 is 0 Å². The van der Waals surface area contributed by atoms with Crippen LogP contribution < -0.4 is 0 Å². The van der Waals surface area contributed by atoms with Crippen molar-refractivity contribution in [1.29, 1.82) is 0 Å². The number of thiophene rings is 1. The van der Waals surface area contributed by atoms with Gasteiger partial charge in [0.2, 0.25) is 0 Å². The molecule has 9 heteroatoms. The van der Waals surface area contributed by atoms with Crippen LogP contribution >= 0.6 is 11.3 Å². The molecule has 0 bridgehead atoms. The van der Waals surface area contributed by atoms with Crippen molar-refractivity contribution in [3.8, 4) is 0 Å². The minimum absolute atomic E-state index is 0.0560. The molecule has 0 amide bonds. The minimum Gasteiger partial charge on any atom is -0.379 e. The van der Waals surface area contributed by atoms with Gasteiger partial charge in [-0.2, -0.15) is 9.29 Å². The fraction of sp³-hybridized carbons (Fsp3) is 0.538. The smallest absolute Gasteiger partial charge is 0.260 e. The second kappa shape index (κ2) is 4.85. The Balaban J connectivity index is 1.58. The van der Waals surface area contributed by atoms with Gasteiger partial charge in [0.25, 0.3) is 15.9 Å². The van der Waals surface area contributed by atoms with E-state index in [0.717, 1.165) is 12.8 Å². The molecular weight excluding hydrogens is 326 g/mol. The number of β-amino-alcohol motifs (C(OH)–C–C–N with tert-alkyl or cyclic N) is 1. The molecule has 118 valence electrons. The van der Waals surface area contributed by atoms with Gasteiger partial charge in [0, 0.05) is 18.9 Å². The van der Waals surface area contributed by atoms with Crippen LogP contribution in [-0.2, 0) is 15.6 Å². The maximum absolute atomic E-state index is 12.5. The maximum Gasteiger partial charge on any atom is 0.260 e. The highest BCUT2D eigenvalue weighted by molar-refractivity contribution is 7.91. The third-order valence-corrected chi connectivity index (χ3v) is 7.30. The molecule has 1 N–H and O–H groups in total. The lowest BCUT2D eigenvalue weighted by Crippen LogP contribution is -2.34. The number of rotatable bonds is 4. The number of aromatic nitrogens is 2. The molecule has 0 unspecified atom stereocenters. The van der Waals surface area contributed by atoms with E-state index >= 15 is 0 Å². The van der Waals surface area contributed by atoms with Gasteiger partial charge in [0.05, 0.1) is 6.54 Å². The Morgan fingerprint density at radius 1 is 1.45 bits per heavy atom. The van der Waals surface area contributed by atoms with Crippen LogP contribution in [0.15, 0.2) is 26.2 Å². The van der Waals surface area contributed by atoms with Gasteiger partial charge in [-0.25, -0.2) is 8.42 Å². The van der Waals surface area contributed by atoms with E-state index in [1.54, 1.807) is 17.5 Å². The summed E-state index contributed by atoms with van der Waals surface area (Å²) in [7, 11) is -3.57. The molecule has 2 aromatic rings. The first kappa shape index (κ1) is 14.3. The monoisotopic (exact) mass is 341 g/mol. The second-order valence-corrected chi connectivity index (χ2v) is 8.90. The van der Waals surface area contributed by atoms with Crippen LogP contribution in [0.3, 0.4) is 0 Å². The molecule has 3 heterocycles. The van der Waals surface area contributed by atoms with E-state index < -0.39 is 15.6 Å². The first-order valence-corrected chi connectivity index (χ1v) is 9.41. The topological polar surface area (TPSA) is 96.5 Å². The molecule has 2 fully saturated rings. The highest BCUT2D eigenvalue weighted by Gasteiger charge is 2.47. The van der Waals surface area contributed by atoms with Crippen molar-refractivity contribution in [1.82, 2.24) is 14.4 Å². The number of sulfonamides is 1. The molecule has 2 aromatic heterocycles. The zero-order valence-electron chi connectivity index (χ0n) is 11.7. The summed E-state index contributed by atoms with van der Waals surface area (Å²) < 4.78 is 31.7. The van der Waals surface area contributed by atoms with Crippen LogP contribution in [0.1, 0.15) is 36.9 Å². The molecule has 0 spiro atoms. The summed E-state index contributed by atoms with van der Waals surface area (Å²) in [5.41, 5.74) is -1.40. The maximum atomic E-state index is 12.5. The number of hydrogen-bond acceptors (Lipinski definition) is 7. The summed E-state index contributed by atoms with van der Waals surface area (Å²) in [6.07, 6.45) is 2.33. The van der Waals surface area contributed by atoms with E-state index in [4.69, 9.17) is 4.52 Å². The molecule has 4 rings (SSSR count). The van der Waals surface area contributed by atoms with Crippen LogP contribution in [0.2, 0.25) is 0 Å². The van der Waals surface area contributed by atoms with Crippen molar-refractivity contribution in [2.75, 3.05) is 13.1 Å². The SMILES string of the molecule is O=S(=O)(c1cccs1)N1CC[C@](O)(c2nc(C3CC3)no2)C1. The van der Waals surface area contributed by atoms with Gasteiger partial charge in [-0.15, -0.1) is 11.3 Å². The molecule has 2 aliphatic rings. The number of hydrogen-bond donors (Lipinski definition) is 1. The molecule has 1 saturated carbocycles. The highest BCUT2D eigenvalue weighted by atomic mass is 32.2. The molecule has 0 aromatic carbocycles. The molecule has 7 nitrogen and oxygen atoms in total. The molecule has 1 atom stereocenters. The number of aliphatic hydroxyl groups is 1. The summed E-state index contributed by atoms with van der Waals surface area (Å²) in [4.78, 5) is 4.26. The van der Waals surface area contributed by atoms with Crippen molar-refractivity contribution in [3.05, 3.63) is 29.2 Å². The van der Waals surface area contributed by atoms with Crippen LogP contribution in [0.5, 0.6) is 0 Å². The van der Waals surface area contributed by atoms with Gasteiger partial charge in [0.1, 0.15) is 4.21 Å². The van der Waals surface area contributed by atoms with Gasteiger partial charge in [0.15, 0.2) is 11.4 Å². The molecule has 22 heavy (non-hydrogen) atoms. The molecule has 1 saturated heterocycles. The fourth-order valence-corrected chi connectivity index (χ4v) is 5.25. The predicted molar refractivity (Wildman–Crippen MR) is 77.9 cm³/mol. The van der Waals surface area contributed by atoms with E-state index in [-0.39, 0.29) is 29.6 Å². The fourth-order valence-electron chi connectivity index (χ4n) is 2.61. The summed E-state index contributed by atoms with van der Waals surface area (Å²) in [6, 6.07) is 3.26. The lowest BCUT2D eigenvalue weighted by Gasteiger charge is -2.19. The Kier molecular flexibility index (Phi) is 3.16. The average molecular weight is 341 g/mol. The first-order chi connectivity index (χ1) is 10.5. The van der Waals surface area contributed by atoms with Gasteiger partial charge in [-0.1, -0.05) is 11.2 Å². The van der Waals surface area contributed by atoms with Crippen LogP contribution in [-0.4, -0.2) is 41.1 Å². The van der Waals surface area contributed by atoms with Gasteiger partial charge in [-0.05, 0) is 24.3 Å². The van der Waals surface area contributed by atoms with Gasteiger partial charge in [-0.3, -0.25) is 0 Å². The Bertz CT molecular complexity index is 782. The molecule has 1 aliphatic heterocycles. The second-order valence-electron chi connectivity index (χ2n) is 5.78. The third kappa shape index (κ3) is 2.28. The third-order valence-electron chi connectivity index (χ3n) is 4.08. The standard InChI is InChI=1S/C13H15N3O4S2/c17-13(12-14-11(15-20-12)9-3-4-9)5-6-16(8-13)22(18,19)10-2-1-7-21-10/h1-2,7,9,17H,3-6,8H2/t13-/m1/s1.